The van der Waals surface area contributed by atoms with Crippen LogP contribution in [-0.4, -0.2) is 16.8 Å². The topological polar surface area (TPSA) is 43.0 Å². The Labute approximate surface area is 114 Å². The zero-order valence-electron chi connectivity index (χ0n) is 12.0. The first kappa shape index (κ1) is 13.9. The molecule has 104 valence electrons. The molecule has 2 aromatic rings. The van der Waals surface area contributed by atoms with Crippen LogP contribution < -0.4 is 5.32 Å². The number of furan rings is 1. The molecule has 1 N–H and O–H groups in total. The lowest BCUT2D eigenvalue weighted by atomic mass is 10.1. The highest BCUT2D eigenvalue weighted by Gasteiger charge is 2.15. The second-order valence-corrected chi connectivity index (χ2v) is 4.82. The maximum Gasteiger partial charge on any atom is 0.121 e. The number of hydrogen-bond acceptors (Lipinski definition) is 3. The number of rotatable bonds is 7. The molecule has 0 saturated carbocycles. The molecule has 0 saturated heterocycles. The third-order valence-corrected chi connectivity index (χ3v) is 3.63. The average Bonchev–Trinajstić information content (AvgIpc) is 3.09. The van der Waals surface area contributed by atoms with E-state index in [1.54, 1.807) is 6.26 Å². The fourth-order valence-electron chi connectivity index (χ4n) is 2.40. The van der Waals surface area contributed by atoms with Crippen molar-refractivity contribution in [3.05, 3.63) is 42.1 Å². The van der Waals surface area contributed by atoms with Crippen molar-refractivity contribution < 1.29 is 4.42 Å². The van der Waals surface area contributed by atoms with Crippen molar-refractivity contribution in [2.45, 2.75) is 45.2 Å². The molecule has 0 aliphatic rings. The monoisotopic (exact) mass is 261 g/mol. The molecule has 0 aromatic carbocycles. The van der Waals surface area contributed by atoms with Gasteiger partial charge < -0.3 is 9.73 Å². The van der Waals surface area contributed by atoms with Crippen LogP contribution >= 0.6 is 0 Å². The van der Waals surface area contributed by atoms with E-state index in [1.165, 1.54) is 0 Å². The van der Waals surface area contributed by atoms with Gasteiger partial charge in [0, 0.05) is 12.6 Å². The molecular formula is C15H23N3O. The van der Waals surface area contributed by atoms with Gasteiger partial charge in [-0.05, 0) is 38.1 Å². The second kappa shape index (κ2) is 6.57. The molecule has 4 heteroatoms. The van der Waals surface area contributed by atoms with E-state index in [4.69, 9.17) is 4.42 Å². The highest BCUT2D eigenvalue weighted by molar-refractivity contribution is 5.10. The van der Waals surface area contributed by atoms with E-state index in [9.17, 15) is 0 Å². The molecule has 0 fully saturated rings. The second-order valence-electron chi connectivity index (χ2n) is 4.82. The average molecular weight is 261 g/mol. The molecule has 0 spiro atoms. The minimum Gasteiger partial charge on any atom is -0.468 e. The van der Waals surface area contributed by atoms with Gasteiger partial charge in [0.1, 0.15) is 5.76 Å². The quantitative estimate of drug-likeness (QED) is 0.831. The van der Waals surface area contributed by atoms with E-state index in [2.05, 4.69) is 41.2 Å². The van der Waals surface area contributed by atoms with Crippen LogP contribution in [0.2, 0.25) is 0 Å². The van der Waals surface area contributed by atoms with Crippen LogP contribution in [0.3, 0.4) is 0 Å². The molecule has 0 aliphatic heterocycles. The Morgan fingerprint density at radius 1 is 1.32 bits per heavy atom. The summed E-state index contributed by atoms with van der Waals surface area (Å²) in [5.41, 5.74) is 1.10. The predicted octanol–water partition coefficient (Wildman–Crippen LogP) is 3.34. The summed E-state index contributed by atoms with van der Waals surface area (Å²) in [5, 5.41) is 7.96. The molecular weight excluding hydrogens is 238 g/mol. The van der Waals surface area contributed by atoms with Gasteiger partial charge >= 0.3 is 0 Å². The highest BCUT2D eigenvalue weighted by atomic mass is 16.3. The minimum atomic E-state index is 0.181. The summed E-state index contributed by atoms with van der Waals surface area (Å²) in [6.07, 6.45) is 6.87. The summed E-state index contributed by atoms with van der Waals surface area (Å²) in [7, 11) is 1.95. The van der Waals surface area contributed by atoms with Crippen molar-refractivity contribution in [2.75, 3.05) is 7.05 Å². The predicted molar refractivity (Wildman–Crippen MR) is 76.1 cm³/mol. The molecule has 19 heavy (non-hydrogen) atoms. The van der Waals surface area contributed by atoms with Crippen LogP contribution in [0.5, 0.6) is 0 Å². The summed E-state index contributed by atoms with van der Waals surface area (Å²) >= 11 is 0. The van der Waals surface area contributed by atoms with Crippen LogP contribution in [0.15, 0.2) is 35.1 Å². The molecule has 1 atom stereocenters. The van der Waals surface area contributed by atoms with Gasteiger partial charge in [-0.15, -0.1) is 0 Å². The molecule has 0 aliphatic carbocycles. The summed E-state index contributed by atoms with van der Waals surface area (Å²) in [5.74, 6) is 0.958. The number of likely N-dealkylation sites (N-methyl/N-ethyl adjacent to an activating group) is 1. The van der Waals surface area contributed by atoms with Crippen LogP contribution in [-0.2, 0) is 6.42 Å². The third-order valence-electron chi connectivity index (χ3n) is 3.63. The standard InChI is InChI=1S/C15H23N3O/c1-4-13(5-2)18-9-8-12(17-18)11-14(16-3)15-7-6-10-19-15/h6-10,13-14,16H,4-5,11H2,1-3H3. The van der Waals surface area contributed by atoms with Crippen LogP contribution in [0.1, 0.15) is 50.2 Å². The maximum absolute atomic E-state index is 5.46. The summed E-state index contributed by atoms with van der Waals surface area (Å²) in [4.78, 5) is 0. The molecule has 2 rings (SSSR count). The Kier molecular flexibility index (Phi) is 4.80. The van der Waals surface area contributed by atoms with Gasteiger partial charge in [-0.25, -0.2) is 0 Å². The van der Waals surface area contributed by atoms with E-state index < -0.39 is 0 Å². The lowest BCUT2D eigenvalue weighted by Gasteiger charge is -2.14. The van der Waals surface area contributed by atoms with Crippen molar-refractivity contribution in [3.63, 3.8) is 0 Å². The smallest absolute Gasteiger partial charge is 0.121 e. The largest absolute Gasteiger partial charge is 0.468 e. The molecule has 0 radical (unpaired) electrons. The van der Waals surface area contributed by atoms with Gasteiger partial charge in [0.2, 0.25) is 0 Å². The van der Waals surface area contributed by atoms with E-state index in [0.717, 1.165) is 30.7 Å². The maximum atomic E-state index is 5.46. The highest BCUT2D eigenvalue weighted by Crippen LogP contribution is 2.19. The van der Waals surface area contributed by atoms with Gasteiger partial charge in [-0.2, -0.15) is 5.10 Å². The van der Waals surface area contributed by atoms with Crippen LogP contribution in [0.4, 0.5) is 0 Å². The summed E-state index contributed by atoms with van der Waals surface area (Å²) in [6.45, 7) is 4.41. The van der Waals surface area contributed by atoms with Crippen molar-refractivity contribution in [1.29, 1.82) is 0 Å². The van der Waals surface area contributed by atoms with Gasteiger partial charge in [-0.1, -0.05) is 13.8 Å². The summed E-state index contributed by atoms with van der Waals surface area (Å²) in [6, 6.07) is 6.71. The molecule has 4 nitrogen and oxygen atoms in total. The van der Waals surface area contributed by atoms with Crippen molar-refractivity contribution in [3.8, 4) is 0 Å². The normalized spacial score (nSPS) is 13.1. The van der Waals surface area contributed by atoms with Crippen LogP contribution in [0, 0.1) is 0 Å². The van der Waals surface area contributed by atoms with Crippen LogP contribution in [0.25, 0.3) is 0 Å². The number of nitrogens with zero attached hydrogens (tertiary/aromatic N) is 2. The molecule has 1 unspecified atom stereocenters. The Morgan fingerprint density at radius 2 is 2.11 bits per heavy atom. The Bertz CT molecular complexity index is 471. The minimum absolute atomic E-state index is 0.181. The lowest BCUT2D eigenvalue weighted by molar-refractivity contribution is 0.410. The Morgan fingerprint density at radius 3 is 2.68 bits per heavy atom. The lowest BCUT2D eigenvalue weighted by Crippen LogP contribution is -2.18. The van der Waals surface area contributed by atoms with Gasteiger partial charge in [0.25, 0.3) is 0 Å². The van der Waals surface area contributed by atoms with Crippen molar-refractivity contribution >= 4 is 0 Å². The Balaban J connectivity index is 2.06. The number of aromatic nitrogens is 2. The molecule has 0 bridgehead atoms. The zero-order chi connectivity index (χ0) is 13.7. The first-order valence-corrected chi connectivity index (χ1v) is 7.03. The molecule has 2 aromatic heterocycles. The number of hydrogen-bond donors (Lipinski definition) is 1. The van der Waals surface area contributed by atoms with E-state index in [0.29, 0.717) is 6.04 Å². The Hall–Kier alpha value is -1.55. The first-order chi connectivity index (χ1) is 9.28. The van der Waals surface area contributed by atoms with Crippen molar-refractivity contribution in [1.82, 2.24) is 15.1 Å². The van der Waals surface area contributed by atoms with Gasteiger partial charge in [0.05, 0.1) is 24.0 Å². The van der Waals surface area contributed by atoms with E-state index in [-0.39, 0.29) is 6.04 Å². The fraction of sp³-hybridized carbons (Fsp3) is 0.533. The fourth-order valence-corrected chi connectivity index (χ4v) is 2.40. The van der Waals surface area contributed by atoms with Gasteiger partial charge in [0.15, 0.2) is 0 Å². The molecule has 0 amide bonds. The van der Waals surface area contributed by atoms with Gasteiger partial charge in [-0.3, -0.25) is 4.68 Å². The summed E-state index contributed by atoms with van der Waals surface area (Å²) < 4.78 is 7.55. The van der Waals surface area contributed by atoms with E-state index in [1.807, 2.05) is 19.2 Å². The van der Waals surface area contributed by atoms with Crippen molar-refractivity contribution in [2.24, 2.45) is 0 Å². The van der Waals surface area contributed by atoms with E-state index >= 15 is 0 Å². The SMILES string of the molecule is CCC(CC)n1ccc(CC(NC)c2ccco2)n1. The molecule has 2 heterocycles. The third kappa shape index (κ3) is 3.26. The number of nitrogens with one attached hydrogen (secondary N) is 1. The first-order valence-electron chi connectivity index (χ1n) is 7.03. The zero-order valence-corrected chi connectivity index (χ0v) is 12.0.